The van der Waals surface area contributed by atoms with E-state index in [0.717, 1.165) is 10.4 Å². The number of aliphatic hydroxyl groups is 1. The summed E-state index contributed by atoms with van der Waals surface area (Å²) in [5.74, 6) is -0.0704. The average molecular weight is 452 g/mol. The molecule has 166 valence electrons. The number of ketones is 1. The molecule has 1 amide bonds. The van der Waals surface area contributed by atoms with Crippen molar-refractivity contribution in [3.63, 3.8) is 0 Å². The number of benzene rings is 1. The summed E-state index contributed by atoms with van der Waals surface area (Å²) >= 11 is 1.45. The van der Waals surface area contributed by atoms with Crippen molar-refractivity contribution in [1.29, 1.82) is 0 Å². The van der Waals surface area contributed by atoms with Crippen LogP contribution in [-0.2, 0) is 16.1 Å². The van der Waals surface area contributed by atoms with Crippen molar-refractivity contribution in [2.24, 2.45) is 5.92 Å². The summed E-state index contributed by atoms with van der Waals surface area (Å²) in [6, 6.07) is 11.7. The fraction of sp³-hybridized carbons (Fsp3) is 0.280. The van der Waals surface area contributed by atoms with Crippen molar-refractivity contribution >= 4 is 28.8 Å². The molecule has 6 nitrogen and oxygen atoms in total. The van der Waals surface area contributed by atoms with Crippen molar-refractivity contribution in [3.05, 3.63) is 81.4 Å². The summed E-state index contributed by atoms with van der Waals surface area (Å²) in [4.78, 5) is 28.4. The molecule has 1 aromatic carbocycles. The monoisotopic (exact) mass is 451 g/mol. The zero-order chi connectivity index (χ0) is 22.8. The Bertz CT molecular complexity index is 1160. The predicted molar refractivity (Wildman–Crippen MR) is 122 cm³/mol. The van der Waals surface area contributed by atoms with E-state index in [1.165, 1.54) is 22.5 Å². The number of hydrogen-bond acceptors (Lipinski definition) is 6. The van der Waals surface area contributed by atoms with Crippen LogP contribution < -0.4 is 4.74 Å². The van der Waals surface area contributed by atoms with E-state index in [1.807, 2.05) is 32.2 Å². The van der Waals surface area contributed by atoms with Crippen molar-refractivity contribution in [1.82, 2.24) is 4.90 Å². The van der Waals surface area contributed by atoms with Crippen LogP contribution in [0.4, 0.5) is 0 Å². The number of nitrogens with zero attached hydrogens (tertiary/aromatic N) is 1. The molecule has 32 heavy (non-hydrogen) atoms. The third kappa shape index (κ3) is 4.21. The first-order valence-corrected chi connectivity index (χ1v) is 11.3. The first kappa shape index (κ1) is 21.9. The van der Waals surface area contributed by atoms with Gasteiger partial charge in [0.1, 0.15) is 23.3 Å². The van der Waals surface area contributed by atoms with Crippen LogP contribution in [0.5, 0.6) is 5.75 Å². The number of ether oxygens (including phenoxy) is 1. The van der Waals surface area contributed by atoms with E-state index >= 15 is 0 Å². The molecular formula is C25H25NO5S. The second-order valence-electron chi connectivity index (χ2n) is 8.21. The van der Waals surface area contributed by atoms with Crippen molar-refractivity contribution in [2.75, 3.05) is 6.61 Å². The number of furan rings is 1. The zero-order valence-electron chi connectivity index (χ0n) is 18.2. The zero-order valence-corrected chi connectivity index (χ0v) is 19.0. The largest absolute Gasteiger partial charge is 0.507 e. The molecule has 0 radical (unpaired) electrons. The van der Waals surface area contributed by atoms with Crippen LogP contribution in [0, 0.1) is 12.8 Å². The van der Waals surface area contributed by atoms with Gasteiger partial charge in [-0.15, -0.1) is 11.3 Å². The Morgan fingerprint density at radius 1 is 1.22 bits per heavy atom. The first-order valence-electron chi connectivity index (χ1n) is 10.4. The third-order valence-electron chi connectivity index (χ3n) is 5.29. The van der Waals surface area contributed by atoms with Gasteiger partial charge in [-0.2, -0.15) is 0 Å². The van der Waals surface area contributed by atoms with E-state index in [1.54, 1.807) is 36.4 Å². The Hall–Kier alpha value is -3.32. The van der Waals surface area contributed by atoms with Gasteiger partial charge in [0.25, 0.3) is 11.7 Å². The molecule has 1 atom stereocenters. The molecule has 2 aromatic heterocycles. The molecule has 3 aromatic rings. The molecular weight excluding hydrogens is 426 g/mol. The van der Waals surface area contributed by atoms with Crippen LogP contribution in [-0.4, -0.2) is 28.3 Å². The Labute approximate surface area is 190 Å². The minimum atomic E-state index is -0.708. The number of hydrogen-bond donors (Lipinski definition) is 1. The fourth-order valence-electron chi connectivity index (χ4n) is 3.70. The molecule has 1 saturated heterocycles. The lowest BCUT2D eigenvalue weighted by Gasteiger charge is -2.24. The van der Waals surface area contributed by atoms with Gasteiger partial charge in [0.15, 0.2) is 0 Å². The number of carbonyl (C=O) groups excluding carboxylic acids is 2. The lowest BCUT2D eigenvalue weighted by Crippen LogP contribution is -2.28. The van der Waals surface area contributed by atoms with Crippen LogP contribution in [0.25, 0.3) is 5.76 Å². The summed E-state index contributed by atoms with van der Waals surface area (Å²) in [6.07, 6.45) is 1.53. The van der Waals surface area contributed by atoms with Crippen LogP contribution in [0.1, 0.15) is 41.7 Å². The number of Topliss-reactive ketones (excluding diaryl/α,β-unsaturated/α-hetero) is 1. The fourth-order valence-corrected chi connectivity index (χ4v) is 4.75. The molecule has 4 rings (SSSR count). The standard InChI is InChI=1S/C25H25NO5S/c1-15(2)14-31-18-7-4-6-17(12-18)22(27)20-21(24-16(3)9-11-32-24)26(25(29)23(20)28)13-19-8-5-10-30-19/h4-12,15,21,27H,13-14H2,1-3H3/b22-20-. The smallest absolute Gasteiger partial charge is 0.296 e. The minimum absolute atomic E-state index is 0.0770. The molecule has 0 spiro atoms. The normalized spacial score (nSPS) is 18.0. The molecule has 7 heteroatoms. The van der Waals surface area contributed by atoms with Crippen LogP contribution in [0.15, 0.2) is 64.1 Å². The van der Waals surface area contributed by atoms with Gasteiger partial charge < -0.3 is 19.2 Å². The number of thiophene rings is 1. The van der Waals surface area contributed by atoms with Gasteiger partial charge >= 0.3 is 0 Å². The SMILES string of the molecule is Cc1ccsc1C1/C(=C(/O)c2cccc(OCC(C)C)c2)C(=O)C(=O)N1Cc1ccco1. The highest BCUT2D eigenvalue weighted by Gasteiger charge is 2.47. The molecule has 1 unspecified atom stereocenters. The van der Waals surface area contributed by atoms with Crippen molar-refractivity contribution in [3.8, 4) is 5.75 Å². The molecule has 1 aliphatic heterocycles. The summed E-state index contributed by atoms with van der Waals surface area (Å²) in [5.41, 5.74) is 1.46. The molecule has 1 fully saturated rings. The van der Waals surface area contributed by atoms with Gasteiger partial charge in [-0.05, 0) is 54.1 Å². The van der Waals surface area contributed by atoms with Gasteiger partial charge in [0, 0.05) is 10.4 Å². The Morgan fingerprint density at radius 2 is 2.03 bits per heavy atom. The maximum absolute atomic E-state index is 13.1. The number of likely N-dealkylation sites (tertiary alicyclic amines) is 1. The van der Waals surface area contributed by atoms with Crippen molar-refractivity contribution < 1.29 is 23.8 Å². The topological polar surface area (TPSA) is 80.0 Å². The van der Waals surface area contributed by atoms with Crippen LogP contribution in [0.3, 0.4) is 0 Å². The third-order valence-corrected chi connectivity index (χ3v) is 6.36. The molecule has 1 aliphatic rings. The highest BCUT2D eigenvalue weighted by Crippen LogP contribution is 2.43. The van der Waals surface area contributed by atoms with Crippen LogP contribution in [0.2, 0.25) is 0 Å². The van der Waals surface area contributed by atoms with Crippen LogP contribution >= 0.6 is 11.3 Å². The number of carbonyl (C=O) groups is 2. The van der Waals surface area contributed by atoms with Gasteiger partial charge in [-0.1, -0.05) is 26.0 Å². The quantitative estimate of drug-likeness (QED) is 0.299. The highest BCUT2D eigenvalue weighted by atomic mass is 32.1. The van der Waals surface area contributed by atoms with Gasteiger partial charge in [-0.25, -0.2) is 0 Å². The number of rotatable bonds is 7. The van der Waals surface area contributed by atoms with Gasteiger partial charge in [0.05, 0.1) is 25.0 Å². The second-order valence-corrected chi connectivity index (χ2v) is 9.15. The molecule has 3 heterocycles. The number of aliphatic hydroxyl groups excluding tert-OH is 1. The Balaban J connectivity index is 1.79. The summed E-state index contributed by atoms with van der Waals surface area (Å²) < 4.78 is 11.2. The maximum Gasteiger partial charge on any atom is 0.296 e. The van der Waals surface area contributed by atoms with E-state index in [9.17, 15) is 14.7 Å². The lowest BCUT2D eigenvalue weighted by molar-refractivity contribution is -0.140. The summed E-state index contributed by atoms with van der Waals surface area (Å²) in [6.45, 7) is 6.70. The summed E-state index contributed by atoms with van der Waals surface area (Å²) in [5, 5.41) is 13.1. The predicted octanol–water partition coefficient (Wildman–Crippen LogP) is 5.31. The molecule has 1 N–H and O–H groups in total. The second kappa shape index (κ2) is 9.04. The van der Waals surface area contributed by atoms with E-state index in [-0.39, 0.29) is 17.9 Å². The maximum atomic E-state index is 13.1. The number of amides is 1. The van der Waals surface area contributed by atoms with E-state index in [2.05, 4.69) is 0 Å². The van der Waals surface area contributed by atoms with Gasteiger partial charge in [0.2, 0.25) is 0 Å². The first-order chi connectivity index (χ1) is 15.4. The van der Waals surface area contributed by atoms with E-state index in [0.29, 0.717) is 29.6 Å². The Morgan fingerprint density at radius 3 is 2.69 bits per heavy atom. The van der Waals surface area contributed by atoms with E-state index < -0.39 is 17.7 Å². The lowest BCUT2D eigenvalue weighted by atomic mass is 9.98. The minimum Gasteiger partial charge on any atom is -0.507 e. The average Bonchev–Trinajstić information content (AvgIpc) is 3.49. The van der Waals surface area contributed by atoms with E-state index in [4.69, 9.17) is 9.15 Å². The Kier molecular flexibility index (Phi) is 6.19. The molecule has 0 aliphatic carbocycles. The molecule has 0 saturated carbocycles. The number of aryl methyl sites for hydroxylation is 1. The summed E-state index contributed by atoms with van der Waals surface area (Å²) in [7, 11) is 0. The van der Waals surface area contributed by atoms with Crippen molar-refractivity contribution in [2.45, 2.75) is 33.4 Å². The highest BCUT2D eigenvalue weighted by molar-refractivity contribution is 7.10. The van der Waals surface area contributed by atoms with Gasteiger partial charge in [-0.3, -0.25) is 9.59 Å². The molecule has 0 bridgehead atoms.